The Labute approximate surface area is 226 Å². The number of sulfone groups is 1. The number of pyridine rings is 1. The van der Waals surface area contributed by atoms with Crippen molar-refractivity contribution in [3.05, 3.63) is 107 Å². The summed E-state index contributed by atoms with van der Waals surface area (Å²) in [6, 6.07) is 20.2. The Morgan fingerprint density at radius 1 is 0.947 bits per heavy atom. The van der Waals surface area contributed by atoms with Crippen LogP contribution in [0.25, 0.3) is 10.9 Å². The van der Waals surface area contributed by atoms with Crippen LogP contribution in [-0.2, 0) is 22.1 Å². The number of aromatic nitrogens is 1. The second-order valence-corrected chi connectivity index (χ2v) is 11.8. The number of carbonyl (C=O) groups excluding carboxylic acids is 1. The SMILES string of the molecule is O=C(c1ccc(CS(=O)(=O)c2cccc3cccnc23)cc1)N1CCCN(Cc2ccc(Cl)cc2F)CC1. The molecule has 1 saturated heterocycles. The highest BCUT2D eigenvalue weighted by Crippen LogP contribution is 2.24. The molecule has 0 aliphatic carbocycles. The van der Waals surface area contributed by atoms with E-state index >= 15 is 0 Å². The van der Waals surface area contributed by atoms with Crippen LogP contribution in [0.15, 0.2) is 83.9 Å². The van der Waals surface area contributed by atoms with E-state index in [4.69, 9.17) is 11.6 Å². The van der Waals surface area contributed by atoms with E-state index < -0.39 is 9.84 Å². The predicted molar refractivity (Wildman–Crippen MR) is 146 cm³/mol. The van der Waals surface area contributed by atoms with E-state index in [-0.39, 0.29) is 22.4 Å². The van der Waals surface area contributed by atoms with Gasteiger partial charge in [0.15, 0.2) is 9.84 Å². The third-order valence-electron chi connectivity index (χ3n) is 6.77. The van der Waals surface area contributed by atoms with Crippen molar-refractivity contribution in [1.29, 1.82) is 0 Å². The molecule has 0 atom stereocenters. The van der Waals surface area contributed by atoms with Crippen LogP contribution in [0.2, 0.25) is 5.02 Å². The third-order valence-corrected chi connectivity index (χ3v) is 8.72. The fourth-order valence-corrected chi connectivity index (χ4v) is 6.47. The van der Waals surface area contributed by atoms with Crippen LogP contribution < -0.4 is 0 Å². The van der Waals surface area contributed by atoms with Gasteiger partial charge in [0.1, 0.15) is 5.82 Å². The quantitative estimate of drug-likeness (QED) is 0.323. The van der Waals surface area contributed by atoms with Gasteiger partial charge in [0.2, 0.25) is 0 Å². The van der Waals surface area contributed by atoms with Crippen LogP contribution >= 0.6 is 11.6 Å². The molecular weight excluding hydrogens is 525 g/mol. The number of carbonyl (C=O) groups is 1. The summed E-state index contributed by atoms with van der Waals surface area (Å²) in [6.45, 7) is 2.97. The molecule has 1 amide bonds. The van der Waals surface area contributed by atoms with Gasteiger partial charge in [0.25, 0.3) is 5.91 Å². The molecule has 0 bridgehead atoms. The second-order valence-electron chi connectivity index (χ2n) is 9.44. The first kappa shape index (κ1) is 26.3. The lowest BCUT2D eigenvalue weighted by Gasteiger charge is -2.22. The molecule has 3 aromatic carbocycles. The lowest BCUT2D eigenvalue weighted by atomic mass is 10.1. The van der Waals surface area contributed by atoms with Gasteiger partial charge in [-0.3, -0.25) is 14.7 Å². The molecule has 6 nitrogen and oxygen atoms in total. The molecule has 0 saturated carbocycles. The molecule has 9 heteroatoms. The molecule has 0 radical (unpaired) electrons. The third kappa shape index (κ3) is 5.88. The van der Waals surface area contributed by atoms with Crippen LogP contribution in [0.4, 0.5) is 4.39 Å². The number of nitrogens with zero attached hydrogens (tertiary/aromatic N) is 3. The highest BCUT2D eigenvalue weighted by atomic mass is 35.5. The second kappa shape index (κ2) is 11.2. The Balaban J connectivity index is 1.23. The Morgan fingerprint density at radius 2 is 1.74 bits per heavy atom. The zero-order chi connectivity index (χ0) is 26.7. The van der Waals surface area contributed by atoms with Crippen LogP contribution in [0, 0.1) is 5.82 Å². The minimum Gasteiger partial charge on any atom is -0.337 e. The predicted octanol–water partition coefficient (Wildman–Crippen LogP) is 5.35. The van der Waals surface area contributed by atoms with Gasteiger partial charge in [-0.2, -0.15) is 0 Å². The van der Waals surface area contributed by atoms with Crippen LogP contribution in [0.3, 0.4) is 0 Å². The van der Waals surface area contributed by atoms with Crippen molar-refractivity contribution in [3.63, 3.8) is 0 Å². The molecule has 38 heavy (non-hydrogen) atoms. The highest BCUT2D eigenvalue weighted by molar-refractivity contribution is 7.90. The highest BCUT2D eigenvalue weighted by Gasteiger charge is 2.22. The average Bonchev–Trinajstić information content (AvgIpc) is 3.15. The molecule has 0 spiro atoms. The number of rotatable bonds is 6. The van der Waals surface area contributed by atoms with E-state index in [0.717, 1.165) is 18.4 Å². The van der Waals surface area contributed by atoms with Crippen molar-refractivity contribution in [1.82, 2.24) is 14.8 Å². The summed E-state index contributed by atoms with van der Waals surface area (Å²) in [5.74, 6) is -0.609. The normalized spacial score (nSPS) is 14.9. The van der Waals surface area contributed by atoms with Gasteiger partial charge in [0.05, 0.1) is 16.2 Å². The van der Waals surface area contributed by atoms with Gasteiger partial charge in [-0.15, -0.1) is 0 Å². The van der Waals surface area contributed by atoms with Crippen molar-refractivity contribution < 1.29 is 17.6 Å². The molecule has 2 heterocycles. The first-order valence-electron chi connectivity index (χ1n) is 12.4. The van der Waals surface area contributed by atoms with Crippen LogP contribution in [0.1, 0.15) is 27.9 Å². The molecule has 1 aromatic heterocycles. The summed E-state index contributed by atoms with van der Waals surface area (Å²) in [7, 11) is -3.63. The van der Waals surface area contributed by atoms with Crippen molar-refractivity contribution in [3.8, 4) is 0 Å². The maximum Gasteiger partial charge on any atom is 0.253 e. The molecule has 1 fully saturated rings. The van der Waals surface area contributed by atoms with E-state index in [1.807, 2.05) is 12.1 Å². The van der Waals surface area contributed by atoms with E-state index in [1.165, 1.54) is 6.07 Å². The summed E-state index contributed by atoms with van der Waals surface area (Å²) in [6.07, 6.45) is 2.36. The Hall–Kier alpha value is -3.33. The summed E-state index contributed by atoms with van der Waals surface area (Å²) in [4.78, 5) is 21.6. The van der Waals surface area contributed by atoms with Crippen LogP contribution in [0.5, 0.6) is 0 Å². The van der Waals surface area contributed by atoms with Gasteiger partial charge in [-0.05, 0) is 48.4 Å². The van der Waals surface area contributed by atoms with E-state index in [9.17, 15) is 17.6 Å². The number of hydrogen-bond donors (Lipinski definition) is 0. The number of para-hydroxylation sites is 1. The van der Waals surface area contributed by atoms with E-state index in [0.29, 0.717) is 53.4 Å². The number of fused-ring (bicyclic) bond motifs is 1. The van der Waals surface area contributed by atoms with Gasteiger partial charge in [0, 0.05) is 60.5 Å². The van der Waals surface area contributed by atoms with Crippen LogP contribution in [-0.4, -0.2) is 55.3 Å². The maximum atomic E-state index is 14.2. The molecule has 1 aliphatic rings. The lowest BCUT2D eigenvalue weighted by molar-refractivity contribution is 0.0761. The average molecular weight is 552 g/mol. The molecule has 196 valence electrons. The van der Waals surface area contributed by atoms with E-state index in [1.54, 1.807) is 65.7 Å². The van der Waals surface area contributed by atoms with Gasteiger partial charge in [-0.1, -0.05) is 48.0 Å². The number of hydrogen-bond acceptors (Lipinski definition) is 5. The van der Waals surface area contributed by atoms with Gasteiger partial charge < -0.3 is 4.90 Å². The summed E-state index contributed by atoms with van der Waals surface area (Å²) < 4.78 is 40.6. The number of benzene rings is 3. The molecule has 5 rings (SSSR count). The molecule has 0 N–H and O–H groups in total. The minimum absolute atomic E-state index is 0.0998. The molecule has 0 unspecified atom stereocenters. The fourth-order valence-electron chi connectivity index (χ4n) is 4.77. The van der Waals surface area contributed by atoms with Gasteiger partial charge in [-0.25, -0.2) is 12.8 Å². The van der Waals surface area contributed by atoms with Gasteiger partial charge >= 0.3 is 0 Å². The zero-order valence-electron chi connectivity index (χ0n) is 20.7. The molecule has 1 aliphatic heterocycles. The summed E-state index contributed by atoms with van der Waals surface area (Å²) >= 11 is 5.86. The minimum atomic E-state index is -3.63. The zero-order valence-corrected chi connectivity index (χ0v) is 22.3. The first-order valence-corrected chi connectivity index (χ1v) is 14.4. The Kier molecular flexibility index (Phi) is 7.74. The molecule has 4 aromatic rings. The van der Waals surface area contributed by atoms with Crippen molar-refractivity contribution in [2.45, 2.75) is 23.6 Å². The lowest BCUT2D eigenvalue weighted by Crippen LogP contribution is -2.35. The van der Waals surface area contributed by atoms with E-state index in [2.05, 4.69) is 9.88 Å². The summed E-state index contributed by atoms with van der Waals surface area (Å²) in [5.41, 5.74) is 2.14. The standard InChI is InChI=1S/C29H27ClFN3O3S/c30-25-12-11-24(26(31)18-25)19-33-14-3-15-34(17-16-33)29(35)23-9-7-21(8-10-23)20-38(36,37)27-6-1-4-22-5-2-13-32-28(22)27/h1-2,4-13,18H,3,14-17,19-20H2. The van der Waals surface area contributed by atoms with Crippen molar-refractivity contribution >= 4 is 38.2 Å². The number of amides is 1. The largest absolute Gasteiger partial charge is 0.337 e. The maximum absolute atomic E-state index is 14.2. The monoisotopic (exact) mass is 551 g/mol. The first-order chi connectivity index (χ1) is 18.3. The smallest absolute Gasteiger partial charge is 0.253 e. The van der Waals surface area contributed by atoms with Crippen molar-refractivity contribution in [2.24, 2.45) is 0 Å². The Morgan fingerprint density at radius 3 is 2.53 bits per heavy atom. The summed E-state index contributed by atoms with van der Waals surface area (Å²) in [5, 5.41) is 1.14. The van der Waals surface area contributed by atoms with Crippen molar-refractivity contribution in [2.75, 3.05) is 26.2 Å². The number of halogens is 2. The fraction of sp³-hybridized carbons (Fsp3) is 0.241. The molecular formula is C29H27ClFN3O3S. The Bertz CT molecular complexity index is 1570. The topological polar surface area (TPSA) is 70.6 Å².